The van der Waals surface area contributed by atoms with E-state index in [-0.39, 0.29) is 16.8 Å². The van der Waals surface area contributed by atoms with Crippen molar-refractivity contribution >= 4 is 23.2 Å². The zero-order chi connectivity index (χ0) is 13.3. The van der Waals surface area contributed by atoms with Gasteiger partial charge in [-0.05, 0) is 31.4 Å². The molecule has 6 heteroatoms. The summed E-state index contributed by atoms with van der Waals surface area (Å²) in [6.45, 7) is 1.79. The first-order valence-corrected chi connectivity index (χ1v) is 6.14. The second-order valence-electron chi connectivity index (χ2n) is 4.65. The Morgan fingerprint density at radius 2 is 2.22 bits per heavy atom. The molecular formula is C12H13ClN2O3. The molecule has 0 saturated heterocycles. The first-order valence-electron chi connectivity index (χ1n) is 5.61. The highest BCUT2D eigenvalue weighted by atomic mass is 35.5. The second-order valence-corrected chi connectivity index (χ2v) is 4.91. The molecule has 1 amide bonds. The smallest absolute Gasteiger partial charge is 0.282 e. The first kappa shape index (κ1) is 12.8. The number of alkyl halides is 1. The van der Waals surface area contributed by atoms with Gasteiger partial charge in [-0.3, -0.25) is 14.9 Å². The van der Waals surface area contributed by atoms with E-state index < -0.39 is 10.8 Å². The number of nitrogens with one attached hydrogen (secondary N) is 1. The van der Waals surface area contributed by atoms with E-state index in [0.29, 0.717) is 5.88 Å². The van der Waals surface area contributed by atoms with Crippen molar-refractivity contribution in [1.82, 2.24) is 5.32 Å². The van der Waals surface area contributed by atoms with Gasteiger partial charge in [-0.25, -0.2) is 0 Å². The van der Waals surface area contributed by atoms with E-state index in [4.69, 9.17) is 11.6 Å². The van der Waals surface area contributed by atoms with Gasteiger partial charge in [-0.15, -0.1) is 11.6 Å². The molecule has 1 aliphatic carbocycles. The van der Waals surface area contributed by atoms with E-state index in [1.165, 1.54) is 12.1 Å². The van der Waals surface area contributed by atoms with Crippen LogP contribution in [0, 0.1) is 17.0 Å². The van der Waals surface area contributed by atoms with Gasteiger partial charge in [0.1, 0.15) is 5.56 Å². The van der Waals surface area contributed by atoms with E-state index in [9.17, 15) is 14.9 Å². The number of carbonyl (C=O) groups excluding carboxylic acids is 1. The molecule has 0 atom stereocenters. The summed E-state index contributed by atoms with van der Waals surface area (Å²) in [6.07, 6.45) is 1.64. The van der Waals surface area contributed by atoms with Crippen LogP contribution in [0.4, 0.5) is 5.69 Å². The molecule has 0 bridgehead atoms. The fourth-order valence-electron chi connectivity index (χ4n) is 1.74. The number of nitro benzene ring substituents is 1. The minimum Gasteiger partial charge on any atom is -0.345 e. The molecule has 0 aromatic heterocycles. The van der Waals surface area contributed by atoms with Crippen LogP contribution < -0.4 is 5.32 Å². The van der Waals surface area contributed by atoms with E-state index in [1.54, 1.807) is 13.0 Å². The number of hydrogen-bond donors (Lipinski definition) is 1. The third-order valence-corrected chi connectivity index (χ3v) is 3.59. The highest BCUT2D eigenvalue weighted by Crippen LogP contribution is 2.37. The Balaban J connectivity index is 2.29. The average molecular weight is 269 g/mol. The number of rotatable bonds is 4. The van der Waals surface area contributed by atoms with E-state index in [0.717, 1.165) is 18.4 Å². The SMILES string of the molecule is Cc1ccc([N+](=O)[O-])c(C(=O)NC2(CCl)CC2)c1. The van der Waals surface area contributed by atoms with Gasteiger partial charge in [0.15, 0.2) is 0 Å². The molecule has 2 rings (SSSR count). The highest BCUT2D eigenvalue weighted by Gasteiger charge is 2.43. The maximum Gasteiger partial charge on any atom is 0.282 e. The third kappa shape index (κ3) is 2.46. The lowest BCUT2D eigenvalue weighted by Gasteiger charge is -2.14. The number of halogens is 1. The number of carbonyl (C=O) groups is 1. The number of nitro groups is 1. The summed E-state index contributed by atoms with van der Waals surface area (Å²) in [4.78, 5) is 22.4. The Labute approximate surface area is 109 Å². The van der Waals surface area contributed by atoms with Crippen LogP contribution in [0.25, 0.3) is 0 Å². The molecule has 1 saturated carbocycles. The molecule has 0 unspecified atom stereocenters. The zero-order valence-corrected chi connectivity index (χ0v) is 10.7. The van der Waals surface area contributed by atoms with E-state index >= 15 is 0 Å². The van der Waals surface area contributed by atoms with Crippen molar-refractivity contribution in [2.45, 2.75) is 25.3 Å². The maximum atomic E-state index is 12.1. The molecule has 0 radical (unpaired) electrons. The normalized spacial score (nSPS) is 16.1. The lowest BCUT2D eigenvalue weighted by Crippen LogP contribution is -2.38. The lowest BCUT2D eigenvalue weighted by molar-refractivity contribution is -0.385. The van der Waals surface area contributed by atoms with Crippen molar-refractivity contribution in [3.63, 3.8) is 0 Å². The fraction of sp³-hybridized carbons (Fsp3) is 0.417. The van der Waals surface area contributed by atoms with Gasteiger partial charge >= 0.3 is 0 Å². The molecule has 0 aliphatic heterocycles. The molecule has 1 N–H and O–H groups in total. The number of hydrogen-bond acceptors (Lipinski definition) is 3. The van der Waals surface area contributed by atoms with Crippen molar-refractivity contribution in [1.29, 1.82) is 0 Å². The van der Waals surface area contributed by atoms with E-state index in [2.05, 4.69) is 5.32 Å². The van der Waals surface area contributed by atoms with Gasteiger partial charge in [0.2, 0.25) is 0 Å². The number of amides is 1. The molecule has 1 aromatic carbocycles. The first-order chi connectivity index (χ1) is 8.47. The van der Waals surface area contributed by atoms with Crippen LogP contribution in [0.5, 0.6) is 0 Å². The molecule has 18 heavy (non-hydrogen) atoms. The summed E-state index contributed by atoms with van der Waals surface area (Å²) in [6, 6.07) is 4.49. The summed E-state index contributed by atoms with van der Waals surface area (Å²) < 4.78 is 0. The van der Waals surface area contributed by atoms with E-state index in [1.807, 2.05) is 0 Å². The summed E-state index contributed by atoms with van der Waals surface area (Å²) in [5, 5.41) is 13.7. The van der Waals surface area contributed by atoms with Crippen LogP contribution in [-0.4, -0.2) is 22.2 Å². The second kappa shape index (κ2) is 4.57. The summed E-state index contributed by atoms with van der Waals surface area (Å²) in [5.41, 5.74) is 0.359. The third-order valence-electron chi connectivity index (χ3n) is 3.08. The highest BCUT2D eigenvalue weighted by molar-refractivity contribution is 6.19. The topological polar surface area (TPSA) is 72.2 Å². The van der Waals surface area contributed by atoms with Gasteiger partial charge < -0.3 is 5.32 Å². The number of nitrogens with zero attached hydrogens (tertiary/aromatic N) is 1. The summed E-state index contributed by atoms with van der Waals surface area (Å²) in [7, 11) is 0. The van der Waals surface area contributed by atoms with Crippen LogP contribution in [0.3, 0.4) is 0 Å². The van der Waals surface area contributed by atoms with Crippen molar-refractivity contribution in [2.24, 2.45) is 0 Å². The van der Waals surface area contributed by atoms with Crippen LogP contribution in [0.2, 0.25) is 0 Å². The predicted octanol–water partition coefficient (Wildman–Crippen LogP) is 2.40. The van der Waals surface area contributed by atoms with Gasteiger partial charge in [0.25, 0.3) is 11.6 Å². The minimum absolute atomic E-state index is 0.0939. The van der Waals surface area contributed by atoms with Crippen molar-refractivity contribution in [3.05, 3.63) is 39.4 Å². The molecule has 1 aliphatic rings. The van der Waals surface area contributed by atoms with Crippen LogP contribution >= 0.6 is 11.6 Å². The summed E-state index contributed by atoms with van der Waals surface area (Å²) >= 11 is 5.77. The van der Waals surface area contributed by atoms with Crippen LogP contribution in [0.15, 0.2) is 18.2 Å². The molecule has 1 fully saturated rings. The Hall–Kier alpha value is -1.62. The van der Waals surface area contributed by atoms with Gasteiger partial charge in [-0.1, -0.05) is 6.07 Å². The molecule has 5 nitrogen and oxygen atoms in total. The van der Waals surface area contributed by atoms with Crippen molar-refractivity contribution < 1.29 is 9.72 Å². The number of aryl methyl sites for hydroxylation is 1. The molecule has 1 aromatic rings. The molecular weight excluding hydrogens is 256 g/mol. The lowest BCUT2D eigenvalue weighted by atomic mass is 10.1. The average Bonchev–Trinajstić information content (AvgIpc) is 3.09. The molecule has 96 valence electrons. The summed E-state index contributed by atoms with van der Waals surface area (Å²) in [5.74, 6) is -0.0956. The zero-order valence-electron chi connectivity index (χ0n) is 9.90. The maximum absolute atomic E-state index is 12.1. The number of benzene rings is 1. The quantitative estimate of drug-likeness (QED) is 0.518. The van der Waals surface area contributed by atoms with Crippen molar-refractivity contribution in [2.75, 3.05) is 5.88 Å². The van der Waals surface area contributed by atoms with Gasteiger partial charge in [-0.2, -0.15) is 0 Å². The fourth-order valence-corrected chi connectivity index (χ4v) is 2.08. The monoisotopic (exact) mass is 268 g/mol. The predicted molar refractivity (Wildman–Crippen MR) is 68.0 cm³/mol. The van der Waals surface area contributed by atoms with Gasteiger partial charge in [0, 0.05) is 11.9 Å². The minimum atomic E-state index is -0.547. The van der Waals surface area contributed by atoms with Crippen LogP contribution in [-0.2, 0) is 0 Å². The standard InChI is InChI=1S/C12H13ClN2O3/c1-8-2-3-10(15(17)18)9(6-8)11(16)14-12(7-13)4-5-12/h2-3,6H,4-5,7H2,1H3,(H,14,16). The Morgan fingerprint density at radius 1 is 1.56 bits per heavy atom. The Bertz CT molecular complexity index is 512. The van der Waals surface area contributed by atoms with Crippen LogP contribution in [0.1, 0.15) is 28.8 Å². The Kier molecular flexibility index (Phi) is 3.26. The van der Waals surface area contributed by atoms with Gasteiger partial charge in [0.05, 0.1) is 10.5 Å². The molecule has 0 heterocycles. The van der Waals surface area contributed by atoms with Crippen molar-refractivity contribution in [3.8, 4) is 0 Å². The Morgan fingerprint density at radius 3 is 2.72 bits per heavy atom. The molecule has 0 spiro atoms. The largest absolute Gasteiger partial charge is 0.345 e.